The molecule has 0 bridgehead atoms. The Bertz CT molecular complexity index is 1020. The fraction of sp³-hybridized carbons (Fsp3) is 0.560. The lowest BCUT2D eigenvalue weighted by atomic mass is 10.1. The number of esters is 1. The van der Waals surface area contributed by atoms with E-state index in [2.05, 4.69) is 12.2 Å². The summed E-state index contributed by atoms with van der Waals surface area (Å²) in [6.45, 7) is 10.3. The van der Waals surface area contributed by atoms with Crippen LogP contribution in [0.5, 0.6) is 0 Å². The van der Waals surface area contributed by atoms with Gasteiger partial charge in [-0.25, -0.2) is 9.59 Å². The molecule has 186 valence electrons. The van der Waals surface area contributed by atoms with E-state index in [0.717, 1.165) is 12.8 Å². The molecule has 0 aliphatic carbocycles. The van der Waals surface area contributed by atoms with E-state index in [4.69, 9.17) is 18.6 Å². The number of carbonyl (C=O) groups excluding carboxylic acids is 3. The average Bonchev–Trinajstić information content (AvgIpc) is 3.37. The maximum absolute atomic E-state index is 13.3. The Balaban J connectivity index is 1.79. The van der Waals surface area contributed by atoms with Crippen molar-refractivity contribution in [1.82, 2.24) is 4.90 Å². The van der Waals surface area contributed by atoms with Crippen LogP contribution >= 0.6 is 0 Å². The number of anilines is 1. The van der Waals surface area contributed by atoms with Crippen molar-refractivity contribution in [3.8, 4) is 0 Å². The molecule has 0 unspecified atom stereocenters. The van der Waals surface area contributed by atoms with E-state index in [-0.39, 0.29) is 18.3 Å². The third-order valence-electron chi connectivity index (χ3n) is 5.33. The molecule has 1 aliphatic rings. The molecule has 2 atom stereocenters. The molecule has 9 nitrogen and oxygen atoms in total. The average molecular weight is 475 g/mol. The number of carbonyl (C=O) groups is 3. The number of hydrogen-bond acceptors (Lipinski definition) is 7. The third kappa shape index (κ3) is 6.28. The summed E-state index contributed by atoms with van der Waals surface area (Å²) in [7, 11) is 0. The minimum Gasteiger partial charge on any atom is -0.460 e. The number of benzene rings is 1. The van der Waals surface area contributed by atoms with Gasteiger partial charge < -0.3 is 23.9 Å². The van der Waals surface area contributed by atoms with Gasteiger partial charge in [-0.15, -0.1) is 0 Å². The first-order chi connectivity index (χ1) is 16.1. The summed E-state index contributed by atoms with van der Waals surface area (Å²) in [5.74, 6) is -0.815. The van der Waals surface area contributed by atoms with Crippen molar-refractivity contribution in [1.29, 1.82) is 0 Å². The Hall–Kier alpha value is -3.07. The molecule has 1 fully saturated rings. The van der Waals surface area contributed by atoms with Crippen molar-refractivity contribution in [3.63, 3.8) is 0 Å². The van der Waals surface area contributed by atoms with E-state index in [0.29, 0.717) is 36.2 Å². The Morgan fingerprint density at radius 3 is 2.62 bits per heavy atom. The van der Waals surface area contributed by atoms with E-state index in [9.17, 15) is 14.4 Å². The zero-order valence-electron chi connectivity index (χ0n) is 20.5. The number of furan rings is 1. The summed E-state index contributed by atoms with van der Waals surface area (Å²) in [5, 5.41) is 3.53. The number of rotatable bonds is 8. The molecular formula is C25H34N2O7. The van der Waals surface area contributed by atoms with Gasteiger partial charge >= 0.3 is 12.1 Å². The second-order valence-corrected chi connectivity index (χ2v) is 9.24. The molecule has 2 aromatic rings. The minimum atomic E-state index is -0.818. The zero-order valence-corrected chi connectivity index (χ0v) is 20.5. The van der Waals surface area contributed by atoms with Crippen molar-refractivity contribution in [3.05, 3.63) is 30.0 Å². The van der Waals surface area contributed by atoms with Crippen LogP contribution in [-0.2, 0) is 19.0 Å². The molecule has 0 spiro atoms. The Morgan fingerprint density at radius 1 is 1.18 bits per heavy atom. The molecule has 1 aliphatic heterocycles. The Kier molecular flexibility index (Phi) is 8.19. The molecule has 0 radical (unpaired) electrons. The summed E-state index contributed by atoms with van der Waals surface area (Å²) in [4.78, 5) is 39.5. The lowest BCUT2D eigenvalue weighted by Gasteiger charge is -2.29. The molecule has 2 heterocycles. The summed E-state index contributed by atoms with van der Waals surface area (Å²) >= 11 is 0. The van der Waals surface area contributed by atoms with Crippen LogP contribution in [0.1, 0.15) is 64.4 Å². The van der Waals surface area contributed by atoms with Crippen LogP contribution in [0.3, 0.4) is 0 Å². The molecule has 1 saturated heterocycles. The van der Waals surface area contributed by atoms with Gasteiger partial charge in [0.2, 0.25) is 11.7 Å². The SMILES string of the molecule is CCCCO[C@H]1CCN(C(=O)OC(C)(C)C)[C@@H]1C(=O)Nc1ccc2oc(C(=O)OCC)cc2c1. The number of nitrogens with one attached hydrogen (secondary N) is 1. The van der Waals surface area contributed by atoms with Crippen LogP contribution in [0.25, 0.3) is 11.0 Å². The highest BCUT2D eigenvalue weighted by atomic mass is 16.6. The van der Waals surface area contributed by atoms with Gasteiger partial charge in [0.15, 0.2) is 0 Å². The van der Waals surface area contributed by atoms with Crippen molar-refractivity contribution >= 4 is 34.6 Å². The van der Waals surface area contributed by atoms with Crippen LogP contribution in [0.15, 0.2) is 28.7 Å². The first-order valence-corrected chi connectivity index (χ1v) is 11.8. The summed E-state index contributed by atoms with van der Waals surface area (Å²) in [5.41, 5.74) is 0.331. The van der Waals surface area contributed by atoms with Gasteiger partial charge in [0.05, 0.1) is 12.7 Å². The van der Waals surface area contributed by atoms with Gasteiger partial charge in [0.1, 0.15) is 17.2 Å². The summed E-state index contributed by atoms with van der Waals surface area (Å²) < 4.78 is 22.0. The van der Waals surface area contributed by atoms with E-state index < -0.39 is 29.8 Å². The van der Waals surface area contributed by atoms with Gasteiger partial charge in [0.25, 0.3) is 0 Å². The Labute approximate surface area is 199 Å². The topological polar surface area (TPSA) is 107 Å². The highest BCUT2D eigenvalue weighted by molar-refractivity contribution is 5.99. The molecule has 3 rings (SSSR count). The smallest absolute Gasteiger partial charge is 0.411 e. The van der Waals surface area contributed by atoms with Crippen LogP contribution in [-0.4, -0.2) is 60.4 Å². The number of ether oxygens (including phenoxy) is 3. The number of fused-ring (bicyclic) bond motifs is 1. The van der Waals surface area contributed by atoms with Gasteiger partial charge in [-0.3, -0.25) is 9.69 Å². The fourth-order valence-corrected chi connectivity index (χ4v) is 3.79. The lowest BCUT2D eigenvalue weighted by molar-refractivity contribution is -0.124. The van der Waals surface area contributed by atoms with Crippen LogP contribution in [0.2, 0.25) is 0 Å². The van der Waals surface area contributed by atoms with E-state index in [1.165, 1.54) is 4.90 Å². The van der Waals surface area contributed by atoms with Crippen LogP contribution < -0.4 is 5.32 Å². The second kappa shape index (κ2) is 10.9. The molecule has 1 aromatic carbocycles. The first kappa shape index (κ1) is 25.6. The monoisotopic (exact) mass is 474 g/mol. The molecule has 34 heavy (non-hydrogen) atoms. The van der Waals surface area contributed by atoms with Crippen LogP contribution in [0.4, 0.5) is 10.5 Å². The molecule has 9 heteroatoms. The van der Waals surface area contributed by atoms with E-state index in [1.54, 1.807) is 52.0 Å². The number of likely N-dealkylation sites (tertiary alicyclic amines) is 1. The first-order valence-electron chi connectivity index (χ1n) is 11.8. The predicted molar refractivity (Wildman–Crippen MR) is 127 cm³/mol. The third-order valence-corrected chi connectivity index (χ3v) is 5.33. The van der Waals surface area contributed by atoms with Gasteiger partial charge in [-0.1, -0.05) is 13.3 Å². The maximum atomic E-state index is 13.3. The van der Waals surface area contributed by atoms with Crippen LogP contribution in [0, 0.1) is 0 Å². The predicted octanol–water partition coefficient (Wildman–Crippen LogP) is 4.74. The fourth-order valence-electron chi connectivity index (χ4n) is 3.79. The number of nitrogens with zero attached hydrogens (tertiary/aromatic N) is 1. The zero-order chi connectivity index (χ0) is 24.9. The Morgan fingerprint density at radius 2 is 1.94 bits per heavy atom. The highest BCUT2D eigenvalue weighted by Gasteiger charge is 2.44. The highest BCUT2D eigenvalue weighted by Crippen LogP contribution is 2.27. The number of amides is 2. The van der Waals surface area contributed by atoms with Gasteiger partial charge in [-0.05, 0) is 64.8 Å². The summed E-state index contributed by atoms with van der Waals surface area (Å²) in [6, 6.07) is 5.81. The van der Waals surface area contributed by atoms with E-state index >= 15 is 0 Å². The summed E-state index contributed by atoms with van der Waals surface area (Å²) in [6.07, 6.45) is 1.42. The van der Waals surface area contributed by atoms with Gasteiger partial charge in [0, 0.05) is 24.2 Å². The standard InChI is InChI=1S/C25H34N2O7/c1-6-8-13-32-19-11-12-27(24(30)34-25(3,4)5)21(19)22(28)26-17-9-10-18-16(14-17)15-20(33-18)23(29)31-7-2/h9-10,14-15,19,21H,6-8,11-13H2,1-5H3,(H,26,28)/t19-,21-/m0/s1. The normalized spacial score (nSPS) is 18.2. The molecular weight excluding hydrogens is 440 g/mol. The second-order valence-electron chi connectivity index (χ2n) is 9.24. The molecule has 1 N–H and O–H groups in total. The number of hydrogen-bond donors (Lipinski definition) is 1. The maximum Gasteiger partial charge on any atom is 0.411 e. The largest absolute Gasteiger partial charge is 0.460 e. The molecule has 0 saturated carbocycles. The van der Waals surface area contributed by atoms with Crippen molar-refractivity contribution in [2.75, 3.05) is 25.1 Å². The minimum absolute atomic E-state index is 0.0941. The van der Waals surface area contributed by atoms with Crippen molar-refractivity contribution < 1.29 is 33.0 Å². The van der Waals surface area contributed by atoms with Crippen molar-refractivity contribution in [2.45, 2.75) is 71.6 Å². The number of unbranched alkanes of at least 4 members (excludes halogenated alkanes) is 1. The van der Waals surface area contributed by atoms with Crippen molar-refractivity contribution in [2.24, 2.45) is 0 Å². The quantitative estimate of drug-likeness (QED) is 0.435. The van der Waals surface area contributed by atoms with E-state index in [1.807, 2.05) is 0 Å². The molecule has 2 amide bonds. The van der Waals surface area contributed by atoms with Gasteiger partial charge in [-0.2, -0.15) is 0 Å². The molecule has 1 aromatic heterocycles. The lowest BCUT2D eigenvalue weighted by Crippen LogP contribution is -2.49.